The summed E-state index contributed by atoms with van der Waals surface area (Å²) in [6, 6.07) is 6.11. The van der Waals surface area contributed by atoms with Crippen molar-refractivity contribution >= 4 is 15.7 Å². The van der Waals surface area contributed by atoms with Crippen molar-refractivity contribution in [3.63, 3.8) is 0 Å². The summed E-state index contributed by atoms with van der Waals surface area (Å²) >= 11 is 0. The Morgan fingerprint density at radius 3 is 2.27 bits per heavy atom. The number of hydrogen-bond acceptors (Lipinski definition) is 4. The molecule has 0 fully saturated rings. The van der Waals surface area contributed by atoms with E-state index in [0.717, 1.165) is 5.56 Å². The van der Waals surface area contributed by atoms with E-state index in [0.29, 0.717) is 5.71 Å². The van der Waals surface area contributed by atoms with Crippen LogP contribution < -0.4 is 5.14 Å². The van der Waals surface area contributed by atoms with Crippen molar-refractivity contribution in [3.8, 4) is 0 Å². The molecule has 0 heterocycles. The van der Waals surface area contributed by atoms with Crippen LogP contribution in [0.4, 0.5) is 0 Å². The summed E-state index contributed by atoms with van der Waals surface area (Å²) in [5, 5.41) is 8.68. The highest BCUT2D eigenvalue weighted by atomic mass is 32.2. The summed E-state index contributed by atoms with van der Waals surface area (Å²) in [6.45, 7) is 1.76. The molecule has 6 heteroatoms. The number of nitrogens with two attached hydrogens (primary N) is 1. The van der Waals surface area contributed by atoms with Gasteiger partial charge in [-0.1, -0.05) is 17.3 Å². The van der Waals surface area contributed by atoms with E-state index < -0.39 is 10.0 Å². The Balaban J connectivity index is 3.06. The van der Waals surface area contributed by atoms with Gasteiger partial charge in [-0.3, -0.25) is 0 Å². The molecule has 1 aromatic rings. The van der Waals surface area contributed by atoms with Gasteiger partial charge in [-0.25, -0.2) is 13.6 Å². The van der Waals surface area contributed by atoms with Crippen molar-refractivity contribution in [2.75, 3.05) is 7.11 Å². The fraction of sp³-hybridized carbons (Fsp3) is 0.222. The Hall–Kier alpha value is -1.40. The van der Waals surface area contributed by atoms with Gasteiger partial charge in [0.2, 0.25) is 10.0 Å². The molecule has 0 atom stereocenters. The Labute approximate surface area is 88.6 Å². The first-order valence-corrected chi connectivity index (χ1v) is 5.71. The summed E-state index contributed by atoms with van der Waals surface area (Å²) < 4.78 is 21.9. The maximum atomic E-state index is 11.0. The van der Waals surface area contributed by atoms with E-state index in [-0.39, 0.29) is 4.90 Å². The van der Waals surface area contributed by atoms with Crippen LogP contribution in [-0.4, -0.2) is 21.2 Å². The molecule has 2 N–H and O–H groups in total. The van der Waals surface area contributed by atoms with Gasteiger partial charge in [-0.2, -0.15) is 0 Å². The van der Waals surface area contributed by atoms with Gasteiger partial charge in [0.05, 0.1) is 10.6 Å². The molecule has 0 aromatic heterocycles. The molecular weight excluding hydrogens is 216 g/mol. The summed E-state index contributed by atoms with van der Waals surface area (Å²) in [4.78, 5) is 4.68. The minimum Gasteiger partial charge on any atom is -0.399 e. The lowest BCUT2D eigenvalue weighted by Crippen LogP contribution is -2.12. The molecule has 1 rings (SSSR count). The van der Waals surface area contributed by atoms with E-state index >= 15 is 0 Å². The van der Waals surface area contributed by atoms with Gasteiger partial charge >= 0.3 is 0 Å². The second-order valence-electron chi connectivity index (χ2n) is 2.93. The lowest BCUT2D eigenvalue weighted by Gasteiger charge is -2.01. The van der Waals surface area contributed by atoms with Crippen LogP contribution in [-0.2, 0) is 14.9 Å². The Kier molecular flexibility index (Phi) is 3.43. The van der Waals surface area contributed by atoms with Gasteiger partial charge in [0.1, 0.15) is 7.11 Å². The van der Waals surface area contributed by atoms with Crippen LogP contribution in [0.25, 0.3) is 0 Å². The first kappa shape index (κ1) is 11.7. The smallest absolute Gasteiger partial charge is 0.238 e. The summed E-state index contributed by atoms with van der Waals surface area (Å²) in [5.41, 5.74) is 1.45. The van der Waals surface area contributed by atoms with Gasteiger partial charge in [0, 0.05) is 0 Å². The van der Waals surface area contributed by atoms with Crippen molar-refractivity contribution in [1.29, 1.82) is 0 Å². The monoisotopic (exact) mass is 228 g/mol. The van der Waals surface area contributed by atoms with Gasteiger partial charge in [0.25, 0.3) is 0 Å². The molecule has 0 saturated heterocycles. The molecule has 0 radical (unpaired) electrons. The standard InChI is InChI=1S/C9H12N2O3S/c1-7(11-14-2)8-3-5-9(6-4-8)15(10,12)13/h3-6H,1-2H3,(H2,10,12,13)/b11-7+. The fourth-order valence-electron chi connectivity index (χ4n) is 1.08. The van der Waals surface area contributed by atoms with E-state index in [9.17, 15) is 8.42 Å². The molecule has 15 heavy (non-hydrogen) atoms. The highest BCUT2D eigenvalue weighted by Gasteiger charge is 2.07. The molecule has 0 aliphatic carbocycles. The van der Waals surface area contributed by atoms with E-state index in [1.165, 1.54) is 19.2 Å². The molecular formula is C9H12N2O3S. The SMILES string of the molecule is CO/N=C(\C)c1ccc(S(N)(=O)=O)cc1. The largest absolute Gasteiger partial charge is 0.399 e. The molecule has 0 bridgehead atoms. The Bertz CT molecular complexity index is 463. The summed E-state index contributed by atoms with van der Waals surface area (Å²) in [5.74, 6) is 0. The predicted molar refractivity (Wildman–Crippen MR) is 57.0 cm³/mol. The minimum atomic E-state index is -3.63. The van der Waals surface area contributed by atoms with Crippen molar-refractivity contribution in [1.82, 2.24) is 0 Å². The maximum Gasteiger partial charge on any atom is 0.238 e. The van der Waals surface area contributed by atoms with Crippen LogP contribution in [0.3, 0.4) is 0 Å². The van der Waals surface area contributed by atoms with Crippen LogP contribution in [0.1, 0.15) is 12.5 Å². The summed E-state index contributed by atoms with van der Waals surface area (Å²) in [7, 11) is -2.18. The third-order valence-corrected chi connectivity index (χ3v) is 2.76. The van der Waals surface area contributed by atoms with E-state index in [4.69, 9.17) is 5.14 Å². The van der Waals surface area contributed by atoms with Crippen LogP contribution in [0.15, 0.2) is 34.3 Å². The zero-order valence-corrected chi connectivity index (χ0v) is 9.28. The number of hydrogen-bond donors (Lipinski definition) is 1. The zero-order chi connectivity index (χ0) is 11.5. The second-order valence-corrected chi connectivity index (χ2v) is 4.49. The van der Waals surface area contributed by atoms with Gasteiger partial charge < -0.3 is 4.84 Å². The molecule has 0 saturated carbocycles. The molecule has 5 nitrogen and oxygen atoms in total. The van der Waals surface area contributed by atoms with E-state index in [1.54, 1.807) is 19.1 Å². The van der Waals surface area contributed by atoms with Crippen LogP contribution in [0, 0.1) is 0 Å². The maximum absolute atomic E-state index is 11.0. The molecule has 0 aliphatic rings. The lowest BCUT2D eigenvalue weighted by atomic mass is 10.1. The number of nitrogens with zero attached hydrogens (tertiary/aromatic N) is 1. The number of benzene rings is 1. The highest BCUT2D eigenvalue weighted by Crippen LogP contribution is 2.09. The van der Waals surface area contributed by atoms with Crippen molar-refractivity contribution in [2.45, 2.75) is 11.8 Å². The predicted octanol–water partition coefficient (Wildman–Crippen LogP) is 0.704. The second kappa shape index (κ2) is 4.41. The Morgan fingerprint density at radius 1 is 1.33 bits per heavy atom. The van der Waals surface area contributed by atoms with Gasteiger partial charge in [-0.05, 0) is 24.6 Å². The van der Waals surface area contributed by atoms with Crippen molar-refractivity contribution in [2.24, 2.45) is 10.3 Å². The molecule has 1 aromatic carbocycles. The zero-order valence-electron chi connectivity index (χ0n) is 8.47. The van der Waals surface area contributed by atoms with E-state index in [1.807, 2.05) is 0 Å². The minimum absolute atomic E-state index is 0.0801. The van der Waals surface area contributed by atoms with Crippen LogP contribution in [0.5, 0.6) is 0 Å². The molecule has 0 aliphatic heterocycles. The number of primary sulfonamides is 1. The van der Waals surface area contributed by atoms with Crippen molar-refractivity contribution < 1.29 is 13.3 Å². The van der Waals surface area contributed by atoms with Crippen molar-refractivity contribution in [3.05, 3.63) is 29.8 Å². The lowest BCUT2D eigenvalue weighted by molar-refractivity contribution is 0.213. The number of sulfonamides is 1. The van der Waals surface area contributed by atoms with Crippen LogP contribution >= 0.6 is 0 Å². The van der Waals surface area contributed by atoms with Crippen LogP contribution in [0.2, 0.25) is 0 Å². The average Bonchev–Trinajstić information content (AvgIpc) is 2.17. The topological polar surface area (TPSA) is 81.8 Å². The molecule has 0 unspecified atom stereocenters. The van der Waals surface area contributed by atoms with Gasteiger partial charge in [0.15, 0.2) is 0 Å². The fourth-order valence-corrected chi connectivity index (χ4v) is 1.59. The first-order valence-electron chi connectivity index (χ1n) is 4.16. The van der Waals surface area contributed by atoms with E-state index in [2.05, 4.69) is 9.99 Å². The first-order chi connectivity index (χ1) is 6.95. The molecule has 0 spiro atoms. The molecule has 0 amide bonds. The number of rotatable bonds is 3. The molecule has 82 valence electrons. The highest BCUT2D eigenvalue weighted by molar-refractivity contribution is 7.89. The average molecular weight is 228 g/mol. The third kappa shape index (κ3) is 3.03. The third-order valence-electron chi connectivity index (χ3n) is 1.83. The number of oxime groups is 1. The normalized spacial score (nSPS) is 12.6. The quantitative estimate of drug-likeness (QED) is 0.610. The summed E-state index contributed by atoms with van der Waals surface area (Å²) in [6.07, 6.45) is 0. The Morgan fingerprint density at radius 2 is 1.87 bits per heavy atom. The van der Waals surface area contributed by atoms with Gasteiger partial charge in [-0.15, -0.1) is 0 Å².